The van der Waals surface area contributed by atoms with Crippen LogP contribution in [0, 0.1) is 19.3 Å². The molecule has 0 bridgehead atoms. The summed E-state index contributed by atoms with van der Waals surface area (Å²) in [6.07, 6.45) is 3.33. The Morgan fingerprint density at radius 1 is 0.857 bits per heavy atom. The lowest BCUT2D eigenvalue weighted by Gasteiger charge is -2.20. The smallest absolute Gasteiger partial charge is 0.224 e. The van der Waals surface area contributed by atoms with Crippen LogP contribution in [0.25, 0.3) is 49.0 Å². The number of benzene rings is 3. The Bertz CT molecular complexity index is 1810. The van der Waals surface area contributed by atoms with Crippen molar-refractivity contribution in [3.63, 3.8) is 0 Å². The van der Waals surface area contributed by atoms with Gasteiger partial charge in [0.15, 0.2) is 6.20 Å². The Kier molecular flexibility index (Phi) is 4.55. The molecule has 0 amide bonds. The second-order valence-corrected chi connectivity index (χ2v) is 18.1. The molecular formula is C32H37N2Si+. The van der Waals surface area contributed by atoms with Crippen LogP contribution in [0.2, 0.25) is 19.6 Å². The van der Waals surface area contributed by atoms with Crippen molar-refractivity contribution < 1.29 is 4.57 Å². The van der Waals surface area contributed by atoms with Crippen molar-refractivity contribution in [2.45, 2.75) is 60.7 Å². The van der Waals surface area contributed by atoms with Gasteiger partial charge in [-0.15, -0.1) is 0 Å². The number of hydrogen-bond donors (Lipinski definition) is 0. The molecule has 3 aromatic carbocycles. The van der Waals surface area contributed by atoms with Gasteiger partial charge in [0, 0.05) is 16.8 Å². The molecule has 6 rings (SSSR count). The first-order chi connectivity index (χ1) is 16.3. The molecule has 0 atom stereocenters. The number of fused-ring (bicyclic) bond motifs is 5. The third kappa shape index (κ3) is 3.24. The van der Waals surface area contributed by atoms with Gasteiger partial charge in [0.1, 0.15) is 7.05 Å². The van der Waals surface area contributed by atoms with Crippen LogP contribution in [0.5, 0.6) is 0 Å². The summed E-state index contributed by atoms with van der Waals surface area (Å²) in [6, 6.07) is 16.9. The van der Waals surface area contributed by atoms with Crippen molar-refractivity contribution >= 4 is 62.3 Å². The molecule has 0 spiro atoms. The second-order valence-electron chi connectivity index (χ2n) is 13.0. The Balaban J connectivity index is 1.93. The van der Waals surface area contributed by atoms with Gasteiger partial charge >= 0.3 is 0 Å². The Morgan fingerprint density at radius 2 is 1.60 bits per heavy atom. The molecule has 35 heavy (non-hydrogen) atoms. The van der Waals surface area contributed by atoms with Crippen LogP contribution in [0.4, 0.5) is 0 Å². The number of hydrogen-bond acceptors (Lipinski definition) is 0. The molecule has 0 radical (unpaired) electrons. The predicted molar refractivity (Wildman–Crippen MR) is 155 cm³/mol. The molecule has 178 valence electrons. The third-order valence-electron chi connectivity index (χ3n) is 7.93. The lowest BCUT2D eigenvalue weighted by Crippen LogP contribution is -2.38. The first kappa shape index (κ1) is 22.5. The largest absolute Gasteiger partial charge is 0.307 e. The fourth-order valence-electron chi connectivity index (χ4n) is 6.11. The van der Waals surface area contributed by atoms with Crippen LogP contribution in [0.3, 0.4) is 0 Å². The number of rotatable bonds is 2. The van der Waals surface area contributed by atoms with Crippen LogP contribution in [0.1, 0.15) is 37.5 Å². The number of aromatic nitrogens is 2. The summed E-state index contributed by atoms with van der Waals surface area (Å²) in [6.45, 7) is 18.9. The highest BCUT2D eigenvalue weighted by molar-refractivity contribution is 6.89. The van der Waals surface area contributed by atoms with Gasteiger partial charge in [-0.05, 0) is 72.0 Å². The fraction of sp³-hybridized carbons (Fsp3) is 0.344. The van der Waals surface area contributed by atoms with Gasteiger partial charge in [0.2, 0.25) is 5.52 Å². The maximum atomic E-state index is 2.59. The van der Waals surface area contributed by atoms with E-state index in [1.165, 1.54) is 70.9 Å². The summed E-state index contributed by atoms with van der Waals surface area (Å²) < 4.78 is 4.93. The zero-order chi connectivity index (χ0) is 25.0. The van der Waals surface area contributed by atoms with E-state index in [0.717, 1.165) is 6.42 Å². The van der Waals surface area contributed by atoms with E-state index < -0.39 is 8.07 Å². The van der Waals surface area contributed by atoms with Crippen LogP contribution in [-0.2, 0) is 13.5 Å². The van der Waals surface area contributed by atoms with E-state index in [9.17, 15) is 0 Å². The summed E-state index contributed by atoms with van der Waals surface area (Å²) in [5.74, 6) is 0. The van der Waals surface area contributed by atoms with Crippen molar-refractivity contribution in [3.05, 3.63) is 65.4 Å². The lowest BCUT2D eigenvalue weighted by molar-refractivity contribution is -0.643. The molecule has 3 heteroatoms. The van der Waals surface area contributed by atoms with Crippen LogP contribution >= 0.6 is 0 Å². The highest BCUT2D eigenvalue weighted by Gasteiger charge is 2.27. The van der Waals surface area contributed by atoms with E-state index in [0.29, 0.717) is 0 Å². The molecule has 0 unspecified atom stereocenters. The van der Waals surface area contributed by atoms with Gasteiger partial charge in [-0.2, -0.15) is 0 Å². The van der Waals surface area contributed by atoms with E-state index in [4.69, 9.17) is 0 Å². The zero-order valence-corrected chi connectivity index (χ0v) is 23.7. The van der Waals surface area contributed by atoms with Crippen LogP contribution in [-0.4, -0.2) is 12.5 Å². The van der Waals surface area contributed by atoms with Crippen LogP contribution < -0.4 is 9.75 Å². The van der Waals surface area contributed by atoms with Gasteiger partial charge in [-0.1, -0.05) is 57.7 Å². The summed E-state index contributed by atoms with van der Waals surface area (Å²) in [5, 5.41) is 8.43. The first-order valence-corrected chi connectivity index (χ1v) is 16.4. The van der Waals surface area contributed by atoms with Crippen molar-refractivity contribution in [1.29, 1.82) is 0 Å². The lowest BCUT2D eigenvalue weighted by atomic mass is 9.87. The SMILES string of the molecule is Cc1cc2c3cc(CC(C)(C)C)ccc3n3c4cc([Si](C)(C)C)cc5cc[n+](C)c(c(c1C)c23)c54. The highest BCUT2D eigenvalue weighted by atomic mass is 28.3. The fourth-order valence-corrected chi connectivity index (χ4v) is 7.27. The maximum absolute atomic E-state index is 2.59. The second kappa shape index (κ2) is 7.07. The minimum absolute atomic E-state index is 0.263. The molecular weight excluding hydrogens is 440 g/mol. The van der Waals surface area contributed by atoms with E-state index in [-0.39, 0.29) is 5.41 Å². The molecule has 0 N–H and O–H groups in total. The van der Waals surface area contributed by atoms with Crippen molar-refractivity contribution in [2.75, 3.05) is 0 Å². The number of nitrogens with zero attached hydrogens (tertiary/aromatic N) is 2. The van der Waals surface area contributed by atoms with E-state index >= 15 is 0 Å². The van der Waals surface area contributed by atoms with Gasteiger partial charge < -0.3 is 4.40 Å². The minimum Gasteiger partial charge on any atom is -0.307 e. The first-order valence-electron chi connectivity index (χ1n) is 12.9. The molecule has 0 fully saturated rings. The summed E-state index contributed by atoms with van der Waals surface area (Å²) in [5.41, 5.74) is 9.86. The summed E-state index contributed by atoms with van der Waals surface area (Å²) in [4.78, 5) is 0. The molecule has 3 heterocycles. The molecule has 0 aliphatic rings. The Hall–Kier alpha value is -2.91. The average Bonchev–Trinajstić information content (AvgIpc) is 3.07. The van der Waals surface area contributed by atoms with Crippen molar-refractivity contribution in [1.82, 2.24) is 4.40 Å². The van der Waals surface area contributed by atoms with Gasteiger partial charge in [-0.3, -0.25) is 0 Å². The van der Waals surface area contributed by atoms with Gasteiger partial charge in [0.25, 0.3) is 0 Å². The Labute approximate surface area is 209 Å². The molecule has 0 aliphatic carbocycles. The van der Waals surface area contributed by atoms with E-state index in [1.807, 2.05) is 0 Å². The van der Waals surface area contributed by atoms with Crippen LogP contribution in [0.15, 0.2) is 48.7 Å². The third-order valence-corrected chi connectivity index (χ3v) is 9.95. The van der Waals surface area contributed by atoms with Crippen molar-refractivity contribution in [2.24, 2.45) is 12.5 Å². The van der Waals surface area contributed by atoms with E-state index in [1.54, 1.807) is 0 Å². The zero-order valence-electron chi connectivity index (χ0n) is 22.7. The number of pyridine rings is 2. The van der Waals surface area contributed by atoms with Gasteiger partial charge in [-0.25, -0.2) is 4.57 Å². The quantitative estimate of drug-likeness (QED) is 0.105. The highest BCUT2D eigenvalue weighted by Crippen LogP contribution is 2.42. The van der Waals surface area contributed by atoms with Crippen molar-refractivity contribution in [3.8, 4) is 0 Å². The average molecular weight is 478 g/mol. The Morgan fingerprint density at radius 3 is 2.29 bits per heavy atom. The molecule has 6 aromatic rings. The number of aryl methyl sites for hydroxylation is 3. The predicted octanol–water partition coefficient (Wildman–Crippen LogP) is 7.57. The standard InChI is InChI=1S/C32H37N2Si/c1-19-14-25-24-15-21(18-32(3,4)5)10-11-26(24)34-27-17-23(35(7,8)9)16-22-12-13-33(6)31(29(22)27)28(20(19)2)30(25)34/h10-17H,18H2,1-9H3/q+1. The maximum Gasteiger partial charge on any atom is 0.224 e. The molecule has 0 saturated carbocycles. The van der Waals surface area contributed by atoms with E-state index in [2.05, 4.69) is 119 Å². The monoisotopic (exact) mass is 477 g/mol. The minimum atomic E-state index is -1.50. The summed E-state index contributed by atoms with van der Waals surface area (Å²) in [7, 11) is 0.704. The molecule has 2 nitrogen and oxygen atoms in total. The van der Waals surface area contributed by atoms with Gasteiger partial charge in [0.05, 0.1) is 35.4 Å². The topological polar surface area (TPSA) is 8.29 Å². The normalized spacial score (nSPS) is 13.4. The molecule has 0 aliphatic heterocycles. The molecule has 0 saturated heterocycles. The summed E-state index contributed by atoms with van der Waals surface area (Å²) >= 11 is 0. The molecule has 3 aromatic heterocycles.